The van der Waals surface area contributed by atoms with Crippen molar-refractivity contribution >= 4 is 16.9 Å². The number of rotatable bonds is 7. The fraction of sp³-hybridized carbons (Fsp3) is 0.500. The predicted octanol–water partition coefficient (Wildman–Crippen LogP) is 1.90. The summed E-state index contributed by atoms with van der Waals surface area (Å²) < 4.78 is 2.02. The van der Waals surface area contributed by atoms with Gasteiger partial charge in [0, 0.05) is 30.9 Å². The minimum absolute atomic E-state index is 0.209. The molecule has 0 fully saturated rings. The Morgan fingerprint density at radius 1 is 1.43 bits per heavy atom. The van der Waals surface area contributed by atoms with Crippen molar-refractivity contribution in [2.45, 2.75) is 33.9 Å². The van der Waals surface area contributed by atoms with Gasteiger partial charge < -0.3 is 15.6 Å². The van der Waals surface area contributed by atoms with Crippen LogP contribution in [0.3, 0.4) is 0 Å². The third-order valence-corrected chi connectivity index (χ3v) is 3.54. The number of carbonyl (C=O) groups is 1. The molecule has 5 nitrogen and oxygen atoms in total. The van der Waals surface area contributed by atoms with Crippen LogP contribution >= 0.6 is 0 Å². The summed E-state index contributed by atoms with van der Waals surface area (Å²) in [5.74, 6) is 0.123. The smallest absolute Gasteiger partial charge is 0.222 e. The molecule has 0 radical (unpaired) electrons. The van der Waals surface area contributed by atoms with E-state index in [4.69, 9.17) is 5.73 Å². The average Bonchev–Trinajstić information content (AvgIpc) is 2.77. The number of pyridine rings is 1. The Labute approximate surface area is 125 Å². The lowest BCUT2D eigenvalue weighted by atomic mass is 10.2. The summed E-state index contributed by atoms with van der Waals surface area (Å²) in [6.45, 7) is 8.56. The predicted molar refractivity (Wildman–Crippen MR) is 84.6 cm³/mol. The van der Waals surface area contributed by atoms with Gasteiger partial charge in [0.2, 0.25) is 5.91 Å². The Morgan fingerprint density at radius 2 is 2.19 bits per heavy atom. The molecule has 0 saturated heterocycles. The molecule has 1 amide bonds. The van der Waals surface area contributed by atoms with Gasteiger partial charge in [0.1, 0.15) is 5.65 Å². The molecule has 2 heterocycles. The summed E-state index contributed by atoms with van der Waals surface area (Å²) in [5, 5.41) is 4.58. The Hall–Kier alpha value is -1.88. The minimum Gasteiger partial charge on any atom is -0.369 e. The molecule has 5 heteroatoms. The van der Waals surface area contributed by atoms with Gasteiger partial charge in [0.05, 0.1) is 5.92 Å². The second kappa shape index (κ2) is 6.72. The molecule has 2 aromatic heterocycles. The highest BCUT2D eigenvalue weighted by atomic mass is 16.1. The molecular formula is C16H24N4O. The molecule has 114 valence electrons. The van der Waals surface area contributed by atoms with Gasteiger partial charge in [-0.05, 0) is 30.2 Å². The molecule has 0 aliphatic carbocycles. The van der Waals surface area contributed by atoms with Crippen LogP contribution in [0.5, 0.6) is 0 Å². The van der Waals surface area contributed by atoms with Gasteiger partial charge in [-0.25, -0.2) is 4.98 Å². The van der Waals surface area contributed by atoms with E-state index in [1.807, 2.05) is 17.6 Å². The van der Waals surface area contributed by atoms with E-state index < -0.39 is 0 Å². The van der Waals surface area contributed by atoms with E-state index in [-0.39, 0.29) is 11.8 Å². The number of amides is 1. The molecule has 1 unspecified atom stereocenters. The van der Waals surface area contributed by atoms with Crippen LogP contribution < -0.4 is 11.1 Å². The lowest BCUT2D eigenvalue weighted by Crippen LogP contribution is -2.24. The number of carbonyl (C=O) groups excluding carboxylic acids is 1. The van der Waals surface area contributed by atoms with Crippen molar-refractivity contribution in [3.8, 4) is 0 Å². The normalized spacial score (nSPS) is 13.0. The van der Waals surface area contributed by atoms with Crippen molar-refractivity contribution < 1.29 is 4.79 Å². The number of nitrogens with zero attached hydrogens (tertiary/aromatic N) is 2. The summed E-state index contributed by atoms with van der Waals surface area (Å²) >= 11 is 0. The van der Waals surface area contributed by atoms with Crippen LogP contribution in [0.15, 0.2) is 24.5 Å². The first-order valence-corrected chi connectivity index (χ1v) is 7.41. The van der Waals surface area contributed by atoms with E-state index in [1.165, 1.54) is 5.56 Å². The zero-order chi connectivity index (χ0) is 15.4. The molecule has 3 N–H and O–H groups in total. The molecule has 21 heavy (non-hydrogen) atoms. The van der Waals surface area contributed by atoms with Gasteiger partial charge in [-0.2, -0.15) is 0 Å². The molecule has 0 bridgehead atoms. The highest BCUT2D eigenvalue weighted by Crippen LogP contribution is 2.20. The van der Waals surface area contributed by atoms with Gasteiger partial charge in [-0.15, -0.1) is 0 Å². The summed E-state index contributed by atoms with van der Waals surface area (Å²) in [4.78, 5) is 15.7. The maximum Gasteiger partial charge on any atom is 0.222 e. The molecular weight excluding hydrogens is 264 g/mol. The maximum atomic E-state index is 11.3. The third kappa shape index (κ3) is 3.82. The number of nitrogens with one attached hydrogen (secondary N) is 1. The minimum atomic E-state index is -0.285. The molecule has 0 saturated carbocycles. The molecule has 0 aromatic carbocycles. The van der Waals surface area contributed by atoms with Crippen molar-refractivity contribution in [1.29, 1.82) is 0 Å². The summed E-state index contributed by atoms with van der Waals surface area (Å²) in [6.07, 6.45) is 3.85. The van der Waals surface area contributed by atoms with Gasteiger partial charge in [-0.3, -0.25) is 4.79 Å². The van der Waals surface area contributed by atoms with E-state index in [9.17, 15) is 4.79 Å². The zero-order valence-corrected chi connectivity index (χ0v) is 13.0. The quantitative estimate of drug-likeness (QED) is 0.817. The fourth-order valence-electron chi connectivity index (χ4n) is 2.36. The zero-order valence-electron chi connectivity index (χ0n) is 13.0. The first-order valence-electron chi connectivity index (χ1n) is 7.41. The van der Waals surface area contributed by atoms with E-state index in [0.29, 0.717) is 12.5 Å². The summed E-state index contributed by atoms with van der Waals surface area (Å²) in [7, 11) is 0. The molecule has 1 atom stereocenters. The van der Waals surface area contributed by atoms with Crippen LogP contribution in [-0.2, 0) is 17.9 Å². The second-order valence-corrected chi connectivity index (χ2v) is 6.01. The molecule has 0 aliphatic rings. The molecule has 2 rings (SSSR count). The number of aromatic nitrogens is 2. The Balaban J connectivity index is 2.23. The van der Waals surface area contributed by atoms with Crippen molar-refractivity contribution in [1.82, 2.24) is 14.9 Å². The number of hydrogen-bond acceptors (Lipinski definition) is 3. The van der Waals surface area contributed by atoms with Crippen molar-refractivity contribution in [3.05, 3.63) is 30.1 Å². The Morgan fingerprint density at radius 3 is 2.86 bits per heavy atom. The number of fused-ring (bicyclic) bond motifs is 1. The second-order valence-electron chi connectivity index (χ2n) is 6.01. The van der Waals surface area contributed by atoms with E-state index in [0.717, 1.165) is 24.1 Å². The van der Waals surface area contributed by atoms with E-state index in [1.54, 1.807) is 6.20 Å². The van der Waals surface area contributed by atoms with E-state index in [2.05, 4.69) is 36.4 Å². The van der Waals surface area contributed by atoms with Crippen molar-refractivity contribution in [3.63, 3.8) is 0 Å². The summed E-state index contributed by atoms with van der Waals surface area (Å²) in [5.41, 5.74) is 7.48. The van der Waals surface area contributed by atoms with Crippen LogP contribution in [0.2, 0.25) is 0 Å². The third-order valence-electron chi connectivity index (χ3n) is 3.54. The van der Waals surface area contributed by atoms with Crippen LogP contribution in [0, 0.1) is 11.8 Å². The van der Waals surface area contributed by atoms with Crippen LogP contribution in [0.4, 0.5) is 0 Å². The highest BCUT2D eigenvalue weighted by molar-refractivity contribution is 5.81. The van der Waals surface area contributed by atoms with Crippen LogP contribution in [-0.4, -0.2) is 22.0 Å². The number of hydrogen-bond donors (Lipinski definition) is 2. The Kier molecular flexibility index (Phi) is 4.96. The lowest BCUT2D eigenvalue weighted by molar-refractivity contribution is -0.121. The summed E-state index contributed by atoms with van der Waals surface area (Å²) in [6, 6.07) is 4.01. The van der Waals surface area contributed by atoms with Gasteiger partial charge in [0.25, 0.3) is 0 Å². The SMILES string of the molecule is CC(C)CNCc1cn(CC(C)C(N)=O)c2ncccc12. The number of primary amides is 1. The first kappa shape index (κ1) is 15.5. The molecule has 0 spiro atoms. The molecule has 2 aromatic rings. The van der Waals surface area contributed by atoms with Gasteiger partial charge in [0.15, 0.2) is 0 Å². The average molecular weight is 288 g/mol. The lowest BCUT2D eigenvalue weighted by Gasteiger charge is -2.09. The standard InChI is InChI=1S/C16H24N4O/c1-11(2)7-18-8-13-10-20(9-12(3)15(17)21)16-14(13)5-4-6-19-16/h4-6,10-12,18H,7-9H2,1-3H3,(H2,17,21). The van der Waals surface area contributed by atoms with Gasteiger partial charge >= 0.3 is 0 Å². The topological polar surface area (TPSA) is 72.9 Å². The van der Waals surface area contributed by atoms with Crippen molar-refractivity contribution in [2.75, 3.05) is 6.54 Å². The van der Waals surface area contributed by atoms with E-state index >= 15 is 0 Å². The monoisotopic (exact) mass is 288 g/mol. The van der Waals surface area contributed by atoms with Crippen LogP contribution in [0.25, 0.3) is 11.0 Å². The van der Waals surface area contributed by atoms with Crippen molar-refractivity contribution in [2.24, 2.45) is 17.6 Å². The highest BCUT2D eigenvalue weighted by Gasteiger charge is 2.14. The first-order chi connectivity index (χ1) is 9.99. The van der Waals surface area contributed by atoms with Gasteiger partial charge in [-0.1, -0.05) is 20.8 Å². The largest absolute Gasteiger partial charge is 0.369 e. The maximum absolute atomic E-state index is 11.3. The Bertz CT molecular complexity index is 618. The van der Waals surface area contributed by atoms with Crippen LogP contribution in [0.1, 0.15) is 26.3 Å². The fourth-order valence-corrected chi connectivity index (χ4v) is 2.36. The molecule has 0 aliphatic heterocycles. The number of nitrogens with two attached hydrogens (primary N) is 1.